The van der Waals surface area contributed by atoms with Gasteiger partial charge >= 0.3 is 0 Å². The zero-order valence-electron chi connectivity index (χ0n) is 28.6. The highest BCUT2D eigenvalue weighted by atomic mass is 32.2. The number of hydrogen-bond donors (Lipinski definition) is 3. The van der Waals surface area contributed by atoms with Gasteiger partial charge in [0.25, 0.3) is 0 Å². The third-order valence-corrected chi connectivity index (χ3v) is 8.98. The first kappa shape index (κ1) is 36.3. The average Bonchev–Trinajstić information content (AvgIpc) is 3.33. The molecule has 0 bridgehead atoms. The number of amides is 2. The van der Waals surface area contributed by atoms with Crippen molar-refractivity contribution in [3.05, 3.63) is 69.4 Å². The summed E-state index contributed by atoms with van der Waals surface area (Å²) in [6.07, 6.45) is 4.20. The standard InChI is InChI=1S/C36H45N3O8S/c1-21(40)38-26-11-9-23-19-32(45-4)34(46-5)35(47-6)33(23)24-10-12-27(29(41)20-25(24)26)39-28(15-17-48-7)36(42)37-16-14-22-8-13-30(43-2)31(18-22)44-3/h8,10,12-13,18-20,26,28H,9,11,14-17H2,1-7H3,(H,37,42)(H,38,40)(H,39,41)/t26-,28-/m1/s1. The predicted molar refractivity (Wildman–Crippen MR) is 189 cm³/mol. The highest BCUT2D eigenvalue weighted by molar-refractivity contribution is 7.98. The summed E-state index contributed by atoms with van der Waals surface area (Å²) in [6.45, 7) is 1.85. The van der Waals surface area contributed by atoms with Crippen molar-refractivity contribution in [2.45, 2.75) is 44.7 Å². The highest BCUT2D eigenvalue weighted by Crippen LogP contribution is 2.50. The van der Waals surface area contributed by atoms with E-state index in [4.69, 9.17) is 23.7 Å². The normalized spacial score (nSPS) is 13.9. The van der Waals surface area contributed by atoms with Gasteiger partial charge in [-0.15, -0.1) is 0 Å². The van der Waals surface area contributed by atoms with Crippen LogP contribution in [0.15, 0.2) is 47.3 Å². The Bertz CT molecular complexity index is 1680. The van der Waals surface area contributed by atoms with Crippen molar-refractivity contribution in [3.63, 3.8) is 0 Å². The van der Waals surface area contributed by atoms with Crippen LogP contribution in [0.25, 0.3) is 11.1 Å². The Balaban J connectivity index is 1.69. The van der Waals surface area contributed by atoms with Crippen molar-refractivity contribution in [3.8, 4) is 39.9 Å². The number of ether oxygens (including phenoxy) is 5. The third-order valence-electron chi connectivity index (χ3n) is 8.33. The number of carbonyl (C=O) groups is 2. The van der Waals surface area contributed by atoms with Gasteiger partial charge in [0, 0.05) is 19.0 Å². The van der Waals surface area contributed by atoms with Crippen molar-refractivity contribution in [1.82, 2.24) is 10.6 Å². The molecule has 2 amide bonds. The fourth-order valence-corrected chi connectivity index (χ4v) is 6.48. The van der Waals surface area contributed by atoms with E-state index >= 15 is 0 Å². The van der Waals surface area contributed by atoms with Gasteiger partial charge in [0.1, 0.15) is 6.04 Å². The van der Waals surface area contributed by atoms with E-state index in [1.165, 1.54) is 6.92 Å². The second-order valence-corrected chi connectivity index (χ2v) is 12.3. The number of anilines is 1. The zero-order chi connectivity index (χ0) is 34.8. The Labute approximate surface area is 286 Å². The van der Waals surface area contributed by atoms with E-state index in [-0.39, 0.29) is 22.9 Å². The van der Waals surface area contributed by atoms with Gasteiger partial charge in [-0.05, 0) is 90.3 Å². The van der Waals surface area contributed by atoms with Crippen LogP contribution in [0.4, 0.5) is 5.69 Å². The topological polar surface area (TPSA) is 133 Å². The molecule has 12 heteroatoms. The summed E-state index contributed by atoms with van der Waals surface area (Å²) in [5.74, 6) is 2.97. The minimum Gasteiger partial charge on any atom is -0.493 e. The fourth-order valence-electron chi connectivity index (χ4n) is 6.01. The van der Waals surface area contributed by atoms with Crippen molar-refractivity contribution >= 4 is 29.3 Å². The second-order valence-electron chi connectivity index (χ2n) is 11.3. The van der Waals surface area contributed by atoms with E-state index in [0.29, 0.717) is 77.9 Å². The van der Waals surface area contributed by atoms with E-state index < -0.39 is 12.1 Å². The summed E-state index contributed by atoms with van der Waals surface area (Å²) in [7, 11) is 7.83. The van der Waals surface area contributed by atoms with Crippen LogP contribution in [0, 0.1) is 0 Å². The summed E-state index contributed by atoms with van der Waals surface area (Å²) >= 11 is 1.62. The minimum absolute atomic E-state index is 0.210. The lowest BCUT2D eigenvalue weighted by molar-refractivity contribution is -0.122. The van der Waals surface area contributed by atoms with E-state index in [2.05, 4.69) is 16.0 Å². The lowest BCUT2D eigenvalue weighted by atomic mass is 9.95. The summed E-state index contributed by atoms with van der Waals surface area (Å²) in [4.78, 5) is 39.6. The van der Waals surface area contributed by atoms with Gasteiger partial charge in [-0.25, -0.2) is 0 Å². The molecule has 3 N–H and O–H groups in total. The molecule has 0 heterocycles. The summed E-state index contributed by atoms with van der Waals surface area (Å²) < 4.78 is 27.9. The summed E-state index contributed by atoms with van der Waals surface area (Å²) in [6, 6.07) is 11.5. The van der Waals surface area contributed by atoms with Crippen LogP contribution in [-0.2, 0) is 22.4 Å². The first-order chi connectivity index (χ1) is 23.2. The maximum Gasteiger partial charge on any atom is 0.242 e. The van der Waals surface area contributed by atoms with Gasteiger partial charge in [0.05, 0.1) is 47.3 Å². The average molecular weight is 680 g/mol. The Kier molecular flexibility index (Phi) is 12.8. The maximum atomic E-state index is 13.9. The molecule has 0 fully saturated rings. The molecule has 258 valence electrons. The predicted octanol–water partition coefficient (Wildman–Crippen LogP) is 4.77. The monoisotopic (exact) mass is 679 g/mol. The first-order valence-electron chi connectivity index (χ1n) is 15.7. The molecule has 1 aliphatic carbocycles. The van der Waals surface area contributed by atoms with E-state index in [9.17, 15) is 14.4 Å². The molecule has 0 radical (unpaired) electrons. The molecule has 0 saturated carbocycles. The number of nitrogens with one attached hydrogen (secondary N) is 3. The molecule has 0 saturated heterocycles. The maximum absolute atomic E-state index is 13.9. The van der Waals surface area contributed by atoms with Crippen molar-refractivity contribution in [1.29, 1.82) is 0 Å². The molecule has 0 aliphatic heterocycles. The van der Waals surface area contributed by atoms with E-state index in [1.807, 2.05) is 36.6 Å². The number of thioether (sulfide) groups is 1. The Morgan fingerprint density at radius 1 is 0.896 bits per heavy atom. The van der Waals surface area contributed by atoms with Gasteiger partial charge in [0.15, 0.2) is 23.0 Å². The highest BCUT2D eigenvalue weighted by Gasteiger charge is 2.30. The summed E-state index contributed by atoms with van der Waals surface area (Å²) in [5.41, 5.74) is 3.99. The minimum atomic E-state index is -0.657. The zero-order valence-corrected chi connectivity index (χ0v) is 29.4. The number of aryl methyl sites for hydroxylation is 1. The molecule has 0 unspecified atom stereocenters. The van der Waals surface area contributed by atoms with Gasteiger partial charge < -0.3 is 39.6 Å². The van der Waals surface area contributed by atoms with Crippen LogP contribution in [0.2, 0.25) is 0 Å². The molecule has 48 heavy (non-hydrogen) atoms. The van der Waals surface area contributed by atoms with Crippen LogP contribution in [-0.4, -0.2) is 72.0 Å². The van der Waals surface area contributed by atoms with Gasteiger partial charge in [0.2, 0.25) is 23.0 Å². The molecule has 4 rings (SSSR count). The van der Waals surface area contributed by atoms with Crippen LogP contribution >= 0.6 is 11.8 Å². The molecule has 1 aliphatic rings. The van der Waals surface area contributed by atoms with Crippen molar-refractivity contribution in [2.75, 3.05) is 59.4 Å². The number of hydrogen-bond acceptors (Lipinski definition) is 10. The fraction of sp³-hybridized carbons (Fsp3) is 0.417. The van der Waals surface area contributed by atoms with Crippen molar-refractivity contribution < 1.29 is 33.3 Å². The molecule has 0 aromatic heterocycles. The summed E-state index contributed by atoms with van der Waals surface area (Å²) in [5, 5.41) is 9.28. The number of carbonyl (C=O) groups excluding carboxylic acids is 2. The molecular weight excluding hydrogens is 634 g/mol. The Morgan fingerprint density at radius 2 is 1.62 bits per heavy atom. The van der Waals surface area contributed by atoms with Gasteiger partial charge in [-0.3, -0.25) is 14.4 Å². The molecule has 2 atom stereocenters. The van der Waals surface area contributed by atoms with Gasteiger partial charge in [-0.2, -0.15) is 11.8 Å². The third kappa shape index (κ3) is 8.28. The van der Waals surface area contributed by atoms with E-state index in [0.717, 1.165) is 16.7 Å². The van der Waals surface area contributed by atoms with Crippen LogP contribution in [0.5, 0.6) is 28.7 Å². The first-order valence-corrected chi connectivity index (χ1v) is 17.1. The Morgan fingerprint density at radius 3 is 2.27 bits per heavy atom. The molecule has 3 aromatic carbocycles. The number of rotatable bonds is 15. The smallest absolute Gasteiger partial charge is 0.242 e. The van der Waals surface area contributed by atoms with E-state index in [1.54, 1.807) is 59.4 Å². The largest absolute Gasteiger partial charge is 0.493 e. The van der Waals surface area contributed by atoms with Crippen molar-refractivity contribution in [2.24, 2.45) is 0 Å². The van der Waals surface area contributed by atoms with Crippen LogP contribution in [0.3, 0.4) is 0 Å². The molecule has 0 spiro atoms. The Hall–Kier alpha value is -4.58. The number of benzene rings is 2. The molecule has 11 nitrogen and oxygen atoms in total. The van der Waals surface area contributed by atoms with Gasteiger partial charge in [-0.1, -0.05) is 12.1 Å². The molecular formula is C36H45N3O8S. The lowest BCUT2D eigenvalue weighted by Crippen LogP contribution is -2.41. The SMILES string of the molecule is COc1ccc(CCNC(=O)[C@@H](CCSC)Nc2ccc3c(cc2=O)[C@H](NC(C)=O)CCc2cc(OC)c(OC)c(OC)c2-3)cc1OC. The second kappa shape index (κ2) is 17.0. The quantitative estimate of drug-likeness (QED) is 0.206. The lowest BCUT2D eigenvalue weighted by Gasteiger charge is -2.19. The van der Waals surface area contributed by atoms with Crippen LogP contribution in [0.1, 0.15) is 42.5 Å². The number of methoxy groups -OCH3 is 5. The number of fused-ring (bicyclic) bond motifs is 3. The molecule has 3 aromatic rings. The van der Waals surface area contributed by atoms with Crippen LogP contribution < -0.4 is 45.1 Å².